The van der Waals surface area contributed by atoms with Crippen LogP contribution in [0, 0.1) is 5.92 Å². The van der Waals surface area contributed by atoms with Gasteiger partial charge in [0.15, 0.2) is 6.04 Å². The van der Waals surface area contributed by atoms with Crippen molar-refractivity contribution in [3.8, 4) is 0 Å². The number of amides is 1. The van der Waals surface area contributed by atoms with E-state index in [2.05, 4.69) is 0 Å². The topological polar surface area (TPSA) is 102 Å². The number of esters is 1. The normalized spacial score (nSPS) is 26.7. The maximum atomic E-state index is 12.6. The van der Waals surface area contributed by atoms with Gasteiger partial charge in [-0.15, -0.1) is 0 Å². The van der Waals surface area contributed by atoms with Gasteiger partial charge in [-0.05, 0) is 26.3 Å². The average molecular weight is 377 g/mol. The molecule has 3 rings (SSSR count). The number of hydrogen-bond donors (Lipinski definition) is 1. The summed E-state index contributed by atoms with van der Waals surface area (Å²) in [6.45, 7) is 5.03. The second kappa shape index (κ2) is 7.19. The first-order valence-corrected chi connectivity index (χ1v) is 8.75. The molecule has 4 atom stereocenters. The van der Waals surface area contributed by atoms with Crippen molar-refractivity contribution in [3.63, 3.8) is 0 Å². The highest BCUT2D eigenvalue weighted by Gasteiger charge is 2.66. The van der Waals surface area contributed by atoms with Gasteiger partial charge in [0.25, 0.3) is 0 Å². The van der Waals surface area contributed by atoms with Gasteiger partial charge in [-0.3, -0.25) is 9.69 Å². The Morgan fingerprint density at radius 1 is 1.22 bits per heavy atom. The minimum absolute atomic E-state index is 0.0118. The van der Waals surface area contributed by atoms with Crippen molar-refractivity contribution >= 4 is 18.0 Å². The number of nitrogens with zero attached hydrogens (tertiary/aromatic N) is 1. The summed E-state index contributed by atoms with van der Waals surface area (Å²) < 4.78 is 16.1. The third-order valence-corrected chi connectivity index (χ3v) is 4.40. The molecule has 1 saturated carbocycles. The summed E-state index contributed by atoms with van der Waals surface area (Å²) in [5.74, 6) is -2.43. The third kappa shape index (κ3) is 4.21. The lowest BCUT2D eigenvalue weighted by Gasteiger charge is -2.31. The Morgan fingerprint density at radius 3 is 2.48 bits per heavy atom. The smallest absolute Gasteiger partial charge is 0.411 e. The predicted octanol–water partition coefficient (Wildman–Crippen LogP) is 1.82. The molecule has 8 nitrogen and oxygen atoms in total. The molecular formula is C19H23NO7. The van der Waals surface area contributed by atoms with Crippen LogP contribution in [0.25, 0.3) is 0 Å². The number of fused-ring (bicyclic) bond motifs is 1. The van der Waals surface area contributed by atoms with Crippen molar-refractivity contribution < 1.29 is 33.7 Å². The van der Waals surface area contributed by atoms with Crippen molar-refractivity contribution in [2.75, 3.05) is 6.61 Å². The zero-order valence-electron chi connectivity index (χ0n) is 15.5. The largest absolute Gasteiger partial charge is 0.480 e. The molecule has 0 aromatic heterocycles. The van der Waals surface area contributed by atoms with Crippen LogP contribution in [-0.4, -0.2) is 58.4 Å². The second-order valence-corrected chi connectivity index (χ2v) is 7.65. The van der Waals surface area contributed by atoms with Gasteiger partial charge in [0.05, 0.1) is 18.8 Å². The fourth-order valence-electron chi connectivity index (χ4n) is 3.17. The zero-order valence-corrected chi connectivity index (χ0v) is 15.5. The molecule has 2 fully saturated rings. The number of hydrogen-bond acceptors (Lipinski definition) is 6. The van der Waals surface area contributed by atoms with E-state index in [1.807, 2.05) is 18.2 Å². The number of carbonyl (C=O) groups is 3. The van der Waals surface area contributed by atoms with Crippen LogP contribution in [0.5, 0.6) is 0 Å². The van der Waals surface area contributed by atoms with Crippen LogP contribution in [-0.2, 0) is 30.4 Å². The van der Waals surface area contributed by atoms with E-state index >= 15 is 0 Å². The fraction of sp³-hybridized carbons (Fsp3) is 0.526. The van der Waals surface area contributed by atoms with E-state index in [0.29, 0.717) is 0 Å². The van der Waals surface area contributed by atoms with E-state index in [0.717, 1.165) is 10.5 Å². The van der Waals surface area contributed by atoms with Crippen LogP contribution in [0.1, 0.15) is 26.3 Å². The molecule has 0 bridgehead atoms. The second-order valence-electron chi connectivity index (χ2n) is 7.65. The molecule has 0 radical (unpaired) electrons. The molecule has 1 aliphatic carbocycles. The van der Waals surface area contributed by atoms with Crippen molar-refractivity contribution in [1.82, 2.24) is 4.90 Å². The number of benzene rings is 1. The highest BCUT2D eigenvalue weighted by Crippen LogP contribution is 2.45. The lowest BCUT2D eigenvalue weighted by Crippen LogP contribution is -2.53. The van der Waals surface area contributed by atoms with Gasteiger partial charge in [-0.2, -0.15) is 0 Å². The van der Waals surface area contributed by atoms with Gasteiger partial charge in [-0.1, -0.05) is 30.3 Å². The summed E-state index contributed by atoms with van der Waals surface area (Å²) in [4.78, 5) is 37.7. The first-order chi connectivity index (χ1) is 12.7. The number of carbonyl (C=O) groups excluding carboxylic acids is 2. The van der Waals surface area contributed by atoms with Gasteiger partial charge >= 0.3 is 18.0 Å². The van der Waals surface area contributed by atoms with Crippen molar-refractivity contribution in [1.29, 1.82) is 0 Å². The third-order valence-electron chi connectivity index (χ3n) is 4.40. The molecule has 1 saturated heterocycles. The quantitative estimate of drug-likeness (QED) is 0.799. The number of aliphatic carboxylic acids is 1. The standard InChI is InChI=1S/C19H23NO7/c1-19(2,3)27-17(23)13-14-15(13)25-10-12(16(21)22)20(14)18(24)26-9-11-7-5-4-6-8-11/h4-8,12-15H,9-10H2,1-3H3,(H,21,22)/t12-,13-,14-,15+/m0/s1. The minimum atomic E-state index is -1.21. The predicted molar refractivity (Wildman–Crippen MR) is 92.8 cm³/mol. The first kappa shape index (κ1) is 19.2. The van der Waals surface area contributed by atoms with Crippen molar-refractivity contribution in [2.24, 2.45) is 5.92 Å². The molecule has 1 amide bonds. The van der Waals surface area contributed by atoms with Crippen LogP contribution in [0.4, 0.5) is 4.79 Å². The Balaban J connectivity index is 1.72. The maximum absolute atomic E-state index is 12.6. The Morgan fingerprint density at radius 2 is 1.89 bits per heavy atom. The summed E-state index contributed by atoms with van der Waals surface area (Å²) in [5, 5.41) is 9.44. The molecule has 1 heterocycles. The molecule has 1 N–H and O–H groups in total. The lowest BCUT2D eigenvalue weighted by molar-refractivity contribution is -0.157. The van der Waals surface area contributed by atoms with Crippen LogP contribution < -0.4 is 0 Å². The van der Waals surface area contributed by atoms with E-state index in [1.165, 1.54) is 0 Å². The summed E-state index contributed by atoms with van der Waals surface area (Å²) in [5.41, 5.74) is 0.0928. The number of rotatable bonds is 4. The highest BCUT2D eigenvalue weighted by atomic mass is 16.6. The van der Waals surface area contributed by atoms with Crippen LogP contribution in [0.2, 0.25) is 0 Å². The summed E-state index contributed by atoms with van der Waals surface area (Å²) in [6, 6.07) is 7.16. The van der Waals surface area contributed by atoms with Crippen LogP contribution >= 0.6 is 0 Å². The zero-order chi connectivity index (χ0) is 19.8. The Hall–Kier alpha value is -2.61. The summed E-state index contributed by atoms with van der Waals surface area (Å²) >= 11 is 0. The van der Waals surface area contributed by atoms with E-state index in [9.17, 15) is 19.5 Å². The molecule has 0 unspecified atom stereocenters. The van der Waals surface area contributed by atoms with Gasteiger partial charge in [0.2, 0.25) is 0 Å². The van der Waals surface area contributed by atoms with Crippen LogP contribution in [0.3, 0.4) is 0 Å². The Labute approximate surface area is 157 Å². The van der Waals surface area contributed by atoms with E-state index < -0.39 is 47.7 Å². The van der Waals surface area contributed by atoms with Crippen molar-refractivity contribution in [3.05, 3.63) is 35.9 Å². The van der Waals surface area contributed by atoms with Gasteiger partial charge in [-0.25, -0.2) is 9.59 Å². The molecule has 8 heteroatoms. The number of carboxylic acids is 1. The number of morpholine rings is 1. The monoisotopic (exact) mass is 377 g/mol. The van der Waals surface area contributed by atoms with Crippen molar-refractivity contribution in [2.45, 2.75) is 51.2 Å². The van der Waals surface area contributed by atoms with E-state index in [1.54, 1.807) is 32.9 Å². The minimum Gasteiger partial charge on any atom is -0.480 e. The SMILES string of the molecule is CC(C)(C)OC(=O)[C@@H]1[C@H]2OC[C@@H](C(=O)O)N(C(=O)OCc3ccccc3)[C@H]21. The average Bonchev–Trinajstić information content (AvgIpc) is 3.32. The molecule has 146 valence electrons. The van der Waals surface area contributed by atoms with Crippen LogP contribution in [0.15, 0.2) is 30.3 Å². The molecular weight excluding hydrogens is 354 g/mol. The molecule has 27 heavy (non-hydrogen) atoms. The lowest BCUT2D eigenvalue weighted by atomic mass is 10.2. The maximum Gasteiger partial charge on any atom is 0.411 e. The Kier molecular flexibility index (Phi) is 5.10. The van der Waals surface area contributed by atoms with E-state index in [-0.39, 0.29) is 13.2 Å². The summed E-state index contributed by atoms with van der Waals surface area (Å²) in [6.07, 6.45) is -1.35. The first-order valence-electron chi connectivity index (χ1n) is 8.75. The van der Waals surface area contributed by atoms with Gasteiger partial charge in [0.1, 0.15) is 18.1 Å². The number of ether oxygens (including phenoxy) is 3. The van der Waals surface area contributed by atoms with Gasteiger partial charge in [0, 0.05) is 0 Å². The highest BCUT2D eigenvalue weighted by molar-refractivity contribution is 5.85. The molecule has 1 aromatic carbocycles. The molecule has 0 spiro atoms. The van der Waals surface area contributed by atoms with Gasteiger partial charge < -0.3 is 19.3 Å². The Bertz CT molecular complexity index is 727. The summed E-state index contributed by atoms with van der Waals surface area (Å²) in [7, 11) is 0. The molecule has 2 aliphatic rings. The van der Waals surface area contributed by atoms with E-state index in [4.69, 9.17) is 14.2 Å². The fourth-order valence-corrected chi connectivity index (χ4v) is 3.17. The molecule has 1 aliphatic heterocycles. The number of carboxylic acid groups (broad SMARTS) is 1. The molecule has 1 aromatic rings.